The van der Waals surface area contributed by atoms with Crippen LogP contribution in [0, 0.1) is 5.82 Å². The minimum atomic E-state index is -0.736. The van der Waals surface area contributed by atoms with Crippen LogP contribution in [0.15, 0.2) is 18.2 Å². The highest BCUT2D eigenvalue weighted by molar-refractivity contribution is 8.00. The summed E-state index contributed by atoms with van der Waals surface area (Å²) in [4.78, 5) is 11.0. The Labute approximate surface area is 104 Å². The van der Waals surface area contributed by atoms with Gasteiger partial charge >= 0.3 is 0 Å². The Balaban J connectivity index is 2.11. The minimum absolute atomic E-state index is 0.0614. The van der Waals surface area contributed by atoms with Gasteiger partial charge in [-0.05, 0) is 24.6 Å². The Morgan fingerprint density at radius 3 is 2.94 bits per heavy atom. The van der Waals surface area contributed by atoms with Crippen LogP contribution >= 0.6 is 11.8 Å². The highest BCUT2D eigenvalue weighted by Crippen LogP contribution is 2.28. The first-order chi connectivity index (χ1) is 8.06. The van der Waals surface area contributed by atoms with Crippen LogP contribution in [-0.2, 0) is 0 Å². The van der Waals surface area contributed by atoms with Gasteiger partial charge in [0.2, 0.25) is 0 Å². The van der Waals surface area contributed by atoms with Gasteiger partial charge < -0.3 is 11.1 Å². The van der Waals surface area contributed by atoms with Gasteiger partial charge in [-0.1, -0.05) is 6.92 Å². The molecule has 1 fully saturated rings. The number of benzene rings is 1. The molecule has 3 N–H and O–H groups in total. The molecule has 0 aromatic heterocycles. The second-order valence-corrected chi connectivity index (χ2v) is 5.75. The van der Waals surface area contributed by atoms with Crippen molar-refractivity contribution in [3.8, 4) is 0 Å². The van der Waals surface area contributed by atoms with E-state index in [4.69, 9.17) is 5.73 Å². The standard InChI is InChI=1S/C12H15FN2OS/c1-7-4-9(6-17-7)15-8-2-3-11(13)10(5-8)12(14)16/h2-3,5,7,9,15H,4,6H2,1H3,(H2,14,16). The fourth-order valence-corrected chi connectivity index (χ4v) is 3.11. The molecule has 0 bridgehead atoms. The van der Waals surface area contributed by atoms with Crippen LogP contribution in [0.25, 0.3) is 0 Å². The van der Waals surface area contributed by atoms with E-state index in [1.54, 1.807) is 6.07 Å². The van der Waals surface area contributed by atoms with E-state index in [9.17, 15) is 9.18 Å². The van der Waals surface area contributed by atoms with Gasteiger partial charge in [-0.3, -0.25) is 4.79 Å². The van der Waals surface area contributed by atoms with Crippen LogP contribution < -0.4 is 11.1 Å². The second-order valence-electron chi connectivity index (χ2n) is 4.28. The molecule has 1 aliphatic heterocycles. The van der Waals surface area contributed by atoms with E-state index in [2.05, 4.69) is 12.2 Å². The van der Waals surface area contributed by atoms with Crippen LogP contribution in [0.1, 0.15) is 23.7 Å². The number of hydrogen-bond donors (Lipinski definition) is 2. The van der Waals surface area contributed by atoms with Crippen molar-refractivity contribution in [1.29, 1.82) is 0 Å². The van der Waals surface area contributed by atoms with E-state index in [1.807, 2.05) is 11.8 Å². The Morgan fingerprint density at radius 2 is 2.35 bits per heavy atom. The zero-order valence-electron chi connectivity index (χ0n) is 9.57. The molecule has 0 spiro atoms. The molecule has 17 heavy (non-hydrogen) atoms. The first-order valence-electron chi connectivity index (χ1n) is 5.53. The topological polar surface area (TPSA) is 55.1 Å². The van der Waals surface area contributed by atoms with E-state index in [0.717, 1.165) is 17.9 Å². The zero-order chi connectivity index (χ0) is 12.4. The summed E-state index contributed by atoms with van der Waals surface area (Å²) in [7, 11) is 0. The van der Waals surface area contributed by atoms with Gasteiger partial charge in [-0.2, -0.15) is 11.8 Å². The van der Waals surface area contributed by atoms with Crippen molar-refractivity contribution in [2.24, 2.45) is 5.73 Å². The number of primary amides is 1. The Bertz CT molecular complexity index is 439. The second kappa shape index (κ2) is 4.96. The number of halogens is 1. The molecular formula is C12H15FN2OS. The van der Waals surface area contributed by atoms with Crippen LogP contribution in [0.4, 0.5) is 10.1 Å². The molecule has 1 amide bonds. The summed E-state index contributed by atoms with van der Waals surface area (Å²) in [6.07, 6.45) is 1.08. The maximum atomic E-state index is 13.3. The lowest BCUT2D eigenvalue weighted by atomic mass is 10.1. The number of amides is 1. The average Bonchev–Trinajstić information content (AvgIpc) is 2.66. The quantitative estimate of drug-likeness (QED) is 0.869. The lowest BCUT2D eigenvalue weighted by Gasteiger charge is -2.14. The van der Waals surface area contributed by atoms with E-state index >= 15 is 0 Å². The van der Waals surface area contributed by atoms with Crippen LogP contribution in [0.2, 0.25) is 0 Å². The molecule has 2 rings (SSSR count). The monoisotopic (exact) mass is 254 g/mol. The first-order valence-corrected chi connectivity index (χ1v) is 6.58. The molecule has 92 valence electrons. The number of carbonyl (C=O) groups excluding carboxylic acids is 1. The van der Waals surface area contributed by atoms with Crippen molar-refractivity contribution in [3.63, 3.8) is 0 Å². The van der Waals surface area contributed by atoms with Crippen molar-refractivity contribution in [1.82, 2.24) is 0 Å². The third-order valence-corrected chi connectivity index (χ3v) is 4.16. The number of carbonyl (C=O) groups is 1. The van der Waals surface area contributed by atoms with Gasteiger partial charge in [-0.25, -0.2) is 4.39 Å². The Hall–Kier alpha value is -1.23. The Morgan fingerprint density at radius 1 is 1.59 bits per heavy atom. The van der Waals surface area contributed by atoms with E-state index in [-0.39, 0.29) is 5.56 Å². The summed E-state index contributed by atoms with van der Waals surface area (Å²) in [5.74, 6) is -0.276. The molecule has 1 heterocycles. The fraction of sp³-hybridized carbons (Fsp3) is 0.417. The minimum Gasteiger partial charge on any atom is -0.381 e. The summed E-state index contributed by atoms with van der Waals surface area (Å²) in [5.41, 5.74) is 5.79. The van der Waals surface area contributed by atoms with Gasteiger partial charge in [0.25, 0.3) is 5.91 Å². The number of thioether (sulfide) groups is 1. The summed E-state index contributed by atoms with van der Waals surface area (Å²) >= 11 is 1.91. The molecule has 5 heteroatoms. The van der Waals surface area contributed by atoms with E-state index in [1.165, 1.54) is 12.1 Å². The van der Waals surface area contributed by atoms with E-state index < -0.39 is 11.7 Å². The molecular weight excluding hydrogens is 239 g/mol. The molecule has 3 nitrogen and oxygen atoms in total. The van der Waals surface area contributed by atoms with Crippen molar-refractivity contribution in [2.45, 2.75) is 24.6 Å². The third-order valence-electron chi connectivity index (χ3n) is 2.80. The SMILES string of the molecule is CC1CC(Nc2ccc(F)c(C(N)=O)c2)CS1. The van der Waals surface area contributed by atoms with Gasteiger partial charge in [0.05, 0.1) is 5.56 Å². The smallest absolute Gasteiger partial charge is 0.251 e. The van der Waals surface area contributed by atoms with Crippen molar-refractivity contribution in [3.05, 3.63) is 29.6 Å². The number of hydrogen-bond acceptors (Lipinski definition) is 3. The van der Waals surface area contributed by atoms with Crippen molar-refractivity contribution in [2.75, 3.05) is 11.1 Å². The number of rotatable bonds is 3. The first kappa shape index (κ1) is 12.2. The summed E-state index contributed by atoms with van der Waals surface area (Å²) in [5, 5.41) is 3.94. The molecule has 0 saturated carbocycles. The van der Waals surface area contributed by atoms with Crippen LogP contribution in [0.5, 0.6) is 0 Å². The maximum absolute atomic E-state index is 13.3. The Kier molecular flexibility index (Phi) is 3.57. The zero-order valence-corrected chi connectivity index (χ0v) is 10.4. The normalized spacial score (nSPS) is 23.6. The van der Waals surface area contributed by atoms with Gasteiger partial charge in [0, 0.05) is 22.7 Å². The third kappa shape index (κ3) is 2.91. The molecule has 1 aromatic carbocycles. The van der Waals surface area contributed by atoms with Crippen LogP contribution in [0.3, 0.4) is 0 Å². The number of anilines is 1. The fourth-order valence-electron chi connectivity index (χ4n) is 1.96. The summed E-state index contributed by atoms with van der Waals surface area (Å²) < 4.78 is 13.3. The largest absolute Gasteiger partial charge is 0.381 e. The molecule has 2 unspecified atom stereocenters. The highest BCUT2D eigenvalue weighted by atomic mass is 32.2. The number of nitrogens with two attached hydrogens (primary N) is 1. The van der Waals surface area contributed by atoms with E-state index in [0.29, 0.717) is 11.3 Å². The predicted molar refractivity (Wildman–Crippen MR) is 68.9 cm³/mol. The maximum Gasteiger partial charge on any atom is 0.251 e. The van der Waals surface area contributed by atoms with Gasteiger partial charge in [0.1, 0.15) is 5.82 Å². The lowest BCUT2D eigenvalue weighted by Crippen LogP contribution is -2.20. The predicted octanol–water partition coefficient (Wildman–Crippen LogP) is 2.23. The summed E-state index contributed by atoms with van der Waals surface area (Å²) in [6, 6.07) is 4.76. The van der Waals surface area contributed by atoms with Crippen molar-refractivity contribution >= 4 is 23.4 Å². The average molecular weight is 254 g/mol. The van der Waals surface area contributed by atoms with Crippen LogP contribution in [-0.4, -0.2) is 23.0 Å². The van der Waals surface area contributed by atoms with Crippen molar-refractivity contribution < 1.29 is 9.18 Å². The molecule has 1 aromatic rings. The van der Waals surface area contributed by atoms with Gasteiger partial charge in [0.15, 0.2) is 0 Å². The van der Waals surface area contributed by atoms with Gasteiger partial charge in [-0.15, -0.1) is 0 Å². The number of nitrogens with one attached hydrogen (secondary N) is 1. The summed E-state index contributed by atoms with van der Waals surface area (Å²) in [6.45, 7) is 2.19. The molecule has 2 atom stereocenters. The lowest BCUT2D eigenvalue weighted by molar-refractivity contribution is 0.0996. The molecule has 0 aliphatic carbocycles. The molecule has 1 saturated heterocycles. The molecule has 0 radical (unpaired) electrons. The highest BCUT2D eigenvalue weighted by Gasteiger charge is 2.21. The molecule has 1 aliphatic rings.